The van der Waals surface area contributed by atoms with Crippen LogP contribution in [-0.2, 0) is 4.74 Å². The van der Waals surface area contributed by atoms with Crippen molar-refractivity contribution in [3.8, 4) is 0 Å². The Labute approximate surface area is 163 Å². The SMILES string of the molecule is COC(=O)c1cc(F)ccc1N1CCN(CC2CCNCC2)c2ncncc21. The predicted molar refractivity (Wildman–Crippen MR) is 105 cm³/mol. The van der Waals surface area contributed by atoms with Crippen LogP contribution in [0.5, 0.6) is 0 Å². The van der Waals surface area contributed by atoms with Crippen molar-refractivity contribution < 1.29 is 13.9 Å². The first-order valence-corrected chi connectivity index (χ1v) is 9.58. The summed E-state index contributed by atoms with van der Waals surface area (Å²) in [4.78, 5) is 25.2. The zero-order valence-corrected chi connectivity index (χ0v) is 15.9. The number of nitrogens with one attached hydrogen (secondary N) is 1. The summed E-state index contributed by atoms with van der Waals surface area (Å²) in [5.41, 5.74) is 1.62. The number of esters is 1. The van der Waals surface area contributed by atoms with Gasteiger partial charge in [0.15, 0.2) is 5.82 Å². The molecule has 7 nitrogen and oxygen atoms in total. The monoisotopic (exact) mass is 385 g/mol. The number of rotatable bonds is 4. The van der Waals surface area contributed by atoms with Crippen molar-refractivity contribution >= 4 is 23.2 Å². The van der Waals surface area contributed by atoms with Crippen molar-refractivity contribution in [2.45, 2.75) is 12.8 Å². The molecule has 0 spiro atoms. The normalized spacial score (nSPS) is 17.4. The molecule has 1 aromatic heterocycles. The van der Waals surface area contributed by atoms with Crippen molar-refractivity contribution in [1.29, 1.82) is 0 Å². The van der Waals surface area contributed by atoms with Gasteiger partial charge in [-0.25, -0.2) is 19.2 Å². The Balaban J connectivity index is 1.66. The highest BCUT2D eigenvalue weighted by molar-refractivity contribution is 5.97. The molecule has 8 heteroatoms. The molecule has 28 heavy (non-hydrogen) atoms. The minimum Gasteiger partial charge on any atom is -0.465 e. The lowest BCUT2D eigenvalue weighted by atomic mass is 9.97. The molecule has 0 amide bonds. The van der Waals surface area contributed by atoms with E-state index in [4.69, 9.17) is 4.74 Å². The van der Waals surface area contributed by atoms with E-state index in [1.807, 2.05) is 4.90 Å². The molecule has 2 aliphatic heterocycles. The van der Waals surface area contributed by atoms with E-state index in [0.29, 0.717) is 18.2 Å². The van der Waals surface area contributed by atoms with Gasteiger partial charge in [-0.3, -0.25) is 0 Å². The first-order valence-electron chi connectivity index (χ1n) is 9.58. The molecule has 4 rings (SSSR count). The highest BCUT2D eigenvalue weighted by Gasteiger charge is 2.29. The maximum Gasteiger partial charge on any atom is 0.340 e. The third kappa shape index (κ3) is 3.64. The molecule has 0 bridgehead atoms. The van der Waals surface area contributed by atoms with E-state index in [9.17, 15) is 9.18 Å². The number of anilines is 3. The van der Waals surface area contributed by atoms with Crippen LogP contribution in [0.4, 0.5) is 21.6 Å². The molecule has 2 aliphatic rings. The smallest absolute Gasteiger partial charge is 0.340 e. The van der Waals surface area contributed by atoms with Crippen LogP contribution in [-0.4, -0.2) is 55.8 Å². The third-order valence-electron chi connectivity index (χ3n) is 5.45. The van der Waals surface area contributed by atoms with E-state index in [0.717, 1.165) is 50.5 Å². The van der Waals surface area contributed by atoms with E-state index in [1.54, 1.807) is 18.6 Å². The topological polar surface area (TPSA) is 70.6 Å². The minimum absolute atomic E-state index is 0.198. The first-order chi connectivity index (χ1) is 13.7. The van der Waals surface area contributed by atoms with Gasteiger partial charge < -0.3 is 19.9 Å². The summed E-state index contributed by atoms with van der Waals surface area (Å²) in [5.74, 6) is 0.440. The molecule has 0 unspecified atom stereocenters. The Kier molecular flexibility index (Phi) is 5.38. The average molecular weight is 385 g/mol. The molecular weight excluding hydrogens is 361 g/mol. The maximum atomic E-state index is 13.8. The van der Waals surface area contributed by atoms with Crippen LogP contribution in [0, 0.1) is 11.7 Å². The number of nitrogens with zero attached hydrogens (tertiary/aromatic N) is 4. The molecule has 0 radical (unpaired) electrons. The molecular formula is C20H24FN5O2. The molecule has 1 aromatic carbocycles. The van der Waals surface area contributed by atoms with Crippen molar-refractivity contribution in [2.24, 2.45) is 5.92 Å². The van der Waals surface area contributed by atoms with Crippen LogP contribution >= 0.6 is 0 Å². The van der Waals surface area contributed by atoms with Crippen LogP contribution in [0.2, 0.25) is 0 Å². The van der Waals surface area contributed by atoms with Gasteiger partial charge in [0.05, 0.1) is 24.6 Å². The second-order valence-electron chi connectivity index (χ2n) is 7.18. The number of carbonyl (C=O) groups excluding carboxylic acids is 1. The van der Waals surface area contributed by atoms with Gasteiger partial charge in [-0.2, -0.15) is 0 Å². The zero-order valence-electron chi connectivity index (χ0n) is 15.9. The quantitative estimate of drug-likeness (QED) is 0.810. The second kappa shape index (κ2) is 8.10. The van der Waals surface area contributed by atoms with Gasteiger partial charge in [0, 0.05) is 19.6 Å². The van der Waals surface area contributed by atoms with Gasteiger partial charge in [0.2, 0.25) is 0 Å². The van der Waals surface area contributed by atoms with Crippen molar-refractivity contribution in [1.82, 2.24) is 15.3 Å². The average Bonchev–Trinajstić information content (AvgIpc) is 2.74. The number of benzene rings is 1. The molecule has 1 saturated heterocycles. The summed E-state index contributed by atoms with van der Waals surface area (Å²) in [5, 5.41) is 3.40. The van der Waals surface area contributed by atoms with Crippen LogP contribution in [0.1, 0.15) is 23.2 Å². The molecule has 1 N–H and O–H groups in total. The fourth-order valence-corrected chi connectivity index (χ4v) is 4.02. The number of hydrogen-bond donors (Lipinski definition) is 1. The van der Waals surface area contributed by atoms with Gasteiger partial charge in [-0.15, -0.1) is 0 Å². The molecule has 2 aromatic rings. The van der Waals surface area contributed by atoms with Gasteiger partial charge in [0.25, 0.3) is 0 Å². The van der Waals surface area contributed by atoms with Gasteiger partial charge in [0.1, 0.15) is 17.8 Å². The lowest BCUT2D eigenvalue weighted by molar-refractivity contribution is 0.0601. The number of piperidine rings is 1. The van der Waals surface area contributed by atoms with Crippen LogP contribution in [0.3, 0.4) is 0 Å². The van der Waals surface area contributed by atoms with Gasteiger partial charge >= 0.3 is 5.97 Å². The number of aromatic nitrogens is 2. The number of carbonyl (C=O) groups is 1. The van der Waals surface area contributed by atoms with Gasteiger partial charge in [-0.05, 0) is 50.0 Å². The molecule has 0 aliphatic carbocycles. The summed E-state index contributed by atoms with van der Waals surface area (Å²) in [7, 11) is 1.30. The predicted octanol–water partition coefficient (Wildman–Crippen LogP) is 2.36. The number of halogens is 1. The summed E-state index contributed by atoms with van der Waals surface area (Å²) in [6, 6.07) is 4.18. The Morgan fingerprint density at radius 1 is 1.29 bits per heavy atom. The van der Waals surface area contributed by atoms with E-state index < -0.39 is 11.8 Å². The Morgan fingerprint density at radius 3 is 2.89 bits per heavy atom. The van der Waals surface area contributed by atoms with Crippen molar-refractivity contribution in [2.75, 3.05) is 49.6 Å². The first kappa shape index (κ1) is 18.6. The van der Waals surface area contributed by atoms with Crippen molar-refractivity contribution in [3.63, 3.8) is 0 Å². The Bertz CT molecular complexity index is 856. The van der Waals surface area contributed by atoms with Gasteiger partial charge in [-0.1, -0.05) is 0 Å². The Morgan fingerprint density at radius 2 is 2.11 bits per heavy atom. The summed E-state index contributed by atoms with van der Waals surface area (Å²) in [6.45, 7) is 4.48. The second-order valence-corrected chi connectivity index (χ2v) is 7.18. The fraction of sp³-hybridized carbons (Fsp3) is 0.450. The summed E-state index contributed by atoms with van der Waals surface area (Å²) >= 11 is 0. The van der Waals surface area contributed by atoms with Crippen LogP contribution < -0.4 is 15.1 Å². The number of hydrogen-bond acceptors (Lipinski definition) is 7. The lowest BCUT2D eigenvalue weighted by Gasteiger charge is -2.40. The molecule has 0 saturated carbocycles. The number of fused-ring (bicyclic) bond motifs is 1. The molecule has 148 valence electrons. The van der Waals surface area contributed by atoms with Crippen molar-refractivity contribution in [3.05, 3.63) is 42.1 Å². The van der Waals surface area contributed by atoms with Crippen LogP contribution in [0.25, 0.3) is 0 Å². The fourth-order valence-electron chi connectivity index (χ4n) is 4.02. The Hall–Kier alpha value is -2.74. The minimum atomic E-state index is -0.565. The lowest BCUT2D eigenvalue weighted by Crippen LogP contribution is -2.44. The third-order valence-corrected chi connectivity index (χ3v) is 5.45. The van der Waals surface area contributed by atoms with E-state index >= 15 is 0 Å². The largest absolute Gasteiger partial charge is 0.465 e. The maximum absolute atomic E-state index is 13.8. The summed E-state index contributed by atoms with van der Waals surface area (Å²) < 4.78 is 18.6. The highest BCUT2D eigenvalue weighted by atomic mass is 19.1. The standard InChI is InChI=1S/C20H24FN5O2/c1-28-20(27)16-10-15(21)2-3-17(16)26-9-8-25(12-14-4-6-22-7-5-14)19-18(26)11-23-13-24-19/h2-3,10-11,13-14,22H,4-9,12H2,1H3. The zero-order chi connectivity index (χ0) is 19.5. The van der Waals surface area contributed by atoms with E-state index in [2.05, 4.69) is 20.2 Å². The van der Waals surface area contributed by atoms with E-state index in [1.165, 1.54) is 19.2 Å². The van der Waals surface area contributed by atoms with Crippen LogP contribution in [0.15, 0.2) is 30.7 Å². The molecule has 0 atom stereocenters. The summed E-state index contributed by atoms with van der Waals surface area (Å²) in [6.07, 6.45) is 5.61. The van der Waals surface area contributed by atoms with E-state index in [-0.39, 0.29) is 5.56 Å². The number of methoxy groups -OCH3 is 1. The molecule has 1 fully saturated rings. The number of ether oxygens (including phenoxy) is 1. The highest BCUT2D eigenvalue weighted by Crippen LogP contribution is 2.38. The molecule has 3 heterocycles.